The zero-order valence-corrected chi connectivity index (χ0v) is 13.9. The molecule has 0 spiro atoms. The molecule has 0 aromatic heterocycles. The molecule has 4 aliphatic rings. The van der Waals surface area contributed by atoms with Crippen molar-refractivity contribution >= 4 is 5.91 Å². The van der Waals surface area contributed by atoms with Gasteiger partial charge >= 0.3 is 0 Å². The zero-order valence-electron chi connectivity index (χ0n) is 13.9. The van der Waals surface area contributed by atoms with Crippen molar-refractivity contribution in [3.63, 3.8) is 0 Å². The summed E-state index contributed by atoms with van der Waals surface area (Å²) in [4.78, 5) is 14.3. The monoisotopic (exact) mass is 305 g/mol. The van der Waals surface area contributed by atoms with Crippen LogP contribution in [0.3, 0.4) is 0 Å². The number of nitrogens with two attached hydrogens (primary N) is 1. The first-order chi connectivity index (χ1) is 10.5. The molecule has 3 saturated carbocycles. The summed E-state index contributed by atoms with van der Waals surface area (Å²) in [6.07, 6.45) is 10.1. The van der Waals surface area contributed by atoms with E-state index in [1.54, 1.807) is 0 Å². The van der Waals surface area contributed by atoms with Crippen LogP contribution < -0.4 is 11.1 Å². The first kappa shape index (κ1) is 14.9. The average molecular weight is 305 g/mol. The van der Waals surface area contributed by atoms with Crippen molar-refractivity contribution in [1.82, 2.24) is 10.2 Å². The summed E-state index contributed by atoms with van der Waals surface area (Å²) in [6.45, 7) is 3.78. The predicted molar refractivity (Wildman–Crippen MR) is 87.0 cm³/mol. The molecule has 1 heterocycles. The fourth-order valence-corrected chi connectivity index (χ4v) is 6.25. The second-order valence-corrected chi connectivity index (χ2v) is 8.74. The van der Waals surface area contributed by atoms with Gasteiger partial charge in [-0.3, -0.25) is 4.79 Å². The second-order valence-electron chi connectivity index (χ2n) is 8.74. The molecule has 4 nitrogen and oxygen atoms in total. The maximum absolute atomic E-state index is 12.5. The number of carbonyl (C=O) groups is 1. The fourth-order valence-electron chi connectivity index (χ4n) is 6.25. The highest BCUT2D eigenvalue weighted by molar-refractivity contribution is 5.78. The third-order valence-electron chi connectivity index (χ3n) is 6.96. The van der Waals surface area contributed by atoms with Gasteiger partial charge in [0.1, 0.15) is 0 Å². The topological polar surface area (TPSA) is 58.4 Å². The number of rotatable bonds is 3. The number of nitrogens with one attached hydrogen (secondary N) is 1. The van der Waals surface area contributed by atoms with Crippen LogP contribution >= 0.6 is 0 Å². The summed E-state index contributed by atoms with van der Waals surface area (Å²) in [7, 11) is 0. The molecule has 0 aromatic rings. The van der Waals surface area contributed by atoms with Crippen LogP contribution in [0.4, 0.5) is 0 Å². The zero-order chi connectivity index (χ0) is 15.3. The van der Waals surface area contributed by atoms with E-state index in [9.17, 15) is 4.79 Å². The van der Waals surface area contributed by atoms with Crippen LogP contribution in [0.5, 0.6) is 0 Å². The van der Waals surface area contributed by atoms with Crippen LogP contribution in [0.25, 0.3) is 0 Å². The molecule has 4 heteroatoms. The Morgan fingerprint density at radius 1 is 1.23 bits per heavy atom. The summed E-state index contributed by atoms with van der Waals surface area (Å²) in [5.74, 6) is 3.82. The molecule has 1 aliphatic heterocycles. The van der Waals surface area contributed by atoms with Gasteiger partial charge in [-0.2, -0.15) is 0 Å². The largest absolute Gasteiger partial charge is 0.326 e. The van der Waals surface area contributed by atoms with Gasteiger partial charge in [0.25, 0.3) is 0 Å². The molecule has 3 N–H and O–H groups in total. The normalized spacial score (nSPS) is 47.0. The van der Waals surface area contributed by atoms with Gasteiger partial charge in [-0.25, -0.2) is 0 Å². The Kier molecular flexibility index (Phi) is 3.73. The van der Waals surface area contributed by atoms with E-state index in [0.717, 1.165) is 43.1 Å². The molecule has 3 bridgehead atoms. The van der Waals surface area contributed by atoms with Crippen molar-refractivity contribution in [1.29, 1.82) is 0 Å². The first-order valence-electron chi connectivity index (χ1n) is 9.35. The summed E-state index contributed by atoms with van der Waals surface area (Å²) in [5, 5.41) is 3.72. The van der Waals surface area contributed by atoms with Crippen molar-refractivity contribution in [2.45, 2.75) is 70.0 Å². The number of fused-ring (bicyclic) bond motifs is 2. The average Bonchev–Trinajstić information content (AvgIpc) is 2.95. The molecule has 6 atom stereocenters. The highest BCUT2D eigenvalue weighted by Gasteiger charge is 2.52. The van der Waals surface area contributed by atoms with Crippen molar-refractivity contribution in [3.05, 3.63) is 0 Å². The Morgan fingerprint density at radius 3 is 2.73 bits per heavy atom. The van der Waals surface area contributed by atoms with E-state index >= 15 is 0 Å². The lowest BCUT2D eigenvalue weighted by Crippen LogP contribution is -2.52. The lowest BCUT2D eigenvalue weighted by Gasteiger charge is -2.40. The molecule has 0 radical (unpaired) electrons. The number of hydrogen-bond acceptors (Lipinski definition) is 3. The molecule has 22 heavy (non-hydrogen) atoms. The SMILES string of the molecule is CC1CC2CC3CC(NCC(=O)N4CCCC4N)(C2)CC3C1. The molecular weight excluding hydrogens is 274 g/mol. The summed E-state index contributed by atoms with van der Waals surface area (Å²) < 4.78 is 0. The summed E-state index contributed by atoms with van der Waals surface area (Å²) >= 11 is 0. The van der Waals surface area contributed by atoms with Crippen LogP contribution in [0.1, 0.15) is 58.3 Å². The van der Waals surface area contributed by atoms with Crippen molar-refractivity contribution in [3.8, 4) is 0 Å². The number of nitrogens with zero attached hydrogens (tertiary/aromatic N) is 1. The van der Waals surface area contributed by atoms with E-state index in [-0.39, 0.29) is 17.6 Å². The number of amides is 1. The Bertz CT molecular complexity index is 450. The number of carbonyl (C=O) groups excluding carboxylic acids is 1. The molecular formula is C18H31N3O. The van der Waals surface area contributed by atoms with Crippen LogP contribution in [-0.4, -0.2) is 35.6 Å². The minimum atomic E-state index is -0.0466. The lowest BCUT2D eigenvalue weighted by atomic mass is 9.74. The van der Waals surface area contributed by atoms with Gasteiger partial charge in [-0.05, 0) is 75.0 Å². The van der Waals surface area contributed by atoms with Crippen LogP contribution in [-0.2, 0) is 4.79 Å². The Morgan fingerprint density at radius 2 is 2.00 bits per heavy atom. The van der Waals surface area contributed by atoms with E-state index < -0.39 is 0 Å². The van der Waals surface area contributed by atoms with E-state index in [0.29, 0.717) is 6.54 Å². The van der Waals surface area contributed by atoms with Gasteiger partial charge in [0.05, 0.1) is 12.7 Å². The molecule has 6 unspecified atom stereocenters. The van der Waals surface area contributed by atoms with Crippen LogP contribution in [0.15, 0.2) is 0 Å². The van der Waals surface area contributed by atoms with E-state index in [2.05, 4.69) is 12.2 Å². The number of likely N-dealkylation sites (tertiary alicyclic amines) is 1. The van der Waals surface area contributed by atoms with Crippen LogP contribution in [0.2, 0.25) is 0 Å². The molecule has 1 amide bonds. The van der Waals surface area contributed by atoms with Gasteiger partial charge in [0.15, 0.2) is 0 Å². The quantitative estimate of drug-likeness (QED) is 0.839. The second kappa shape index (κ2) is 5.48. The van der Waals surface area contributed by atoms with Crippen molar-refractivity contribution in [2.24, 2.45) is 29.4 Å². The molecule has 0 aromatic carbocycles. The predicted octanol–water partition coefficient (Wildman–Crippen LogP) is 2.09. The lowest BCUT2D eigenvalue weighted by molar-refractivity contribution is -0.131. The molecule has 1 saturated heterocycles. The van der Waals surface area contributed by atoms with Crippen LogP contribution in [0, 0.1) is 23.7 Å². The fraction of sp³-hybridized carbons (Fsp3) is 0.944. The van der Waals surface area contributed by atoms with Gasteiger partial charge in [0.2, 0.25) is 5.91 Å². The van der Waals surface area contributed by atoms with Crippen molar-refractivity contribution in [2.75, 3.05) is 13.1 Å². The van der Waals surface area contributed by atoms with E-state index in [4.69, 9.17) is 5.73 Å². The summed E-state index contributed by atoms with van der Waals surface area (Å²) in [6, 6.07) is 0. The number of hydrogen-bond donors (Lipinski definition) is 2. The Hall–Kier alpha value is -0.610. The third-order valence-corrected chi connectivity index (χ3v) is 6.96. The first-order valence-corrected chi connectivity index (χ1v) is 9.35. The molecule has 3 aliphatic carbocycles. The van der Waals surface area contributed by atoms with Gasteiger partial charge in [-0.1, -0.05) is 6.92 Å². The van der Waals surface area contributed by atoms with E-state index in [1.807, 2.05) is 4.90 Å². The maximum atomic E-state index is 12.5. The van der Waals surface area contributed by atoms with Gasteiger partial charge in [-0.15, -0.1) is 0 Å². The standard InChI is InChI=1S/C18H31N3O/c1-12-5-13-7-15-10-18(8-13,9-14(15)6-12)20-11-17(22)21-4-2-3-16(21)19/h12-16,20H,2-11,19H2,1H3. The van der Waals surface area contributed by atoms with Crippen molar-refractivity contribution < 1.29 is 4.79 Å². The van der Waals surface area contributed by atoms with Gasteiger partial charge in [0, 0.05) is 12.1 Å². The molecule has 4 rings (SSSR count). The maximum Gasteiger partial charge on any atom is 0.237 e. The summed E-state index contributed by atoms with van der Waals surface area (Å²) in [5.41, 5.74) is 6.29. The van der Waals surface area contributed by atoms with E-state index in [1.165, 1.54) is 38.5 Å². The Labute approximate surface area is 134 Å². The minimum absolute atomic E-state index is 0.0466. The molecule has 4 fully saturated rings. The molecule has 124 valence electrons. The van der Waals surface area contributed by atoms with Gasteiger partial charge < -0.3 is 16.0 Å². The smallest absolute Gasteiger partial charge is 0.237 e. The Balaban J connectivity index is 1.40. The minimum Gasteiger partial charge on any atom is -0.326 e. The highest BCUT2D eigenvalue weighted by Crippen LogP contribution is 2.56. The third kappa shape index (κ3) is 2.58. The highest BCUT2D eigenvalue weighted by atomic mass is 16.2.